The summed E-state index contributed by atoms with van der Waals surface area (Å²) in [4.78, 5) is 10.8. The van der Waals surface area contributed by atoms with Crippen LogP contribution in [0.4, 0.5) is 0 Å². The van der Waals surface area contributed by atoms with E-state index in [0.29, 0.717) is 6.04 Å². The number of hydrogen-bond acceptors (Lipinski definition) is 2. The minimum absolute atomic E-state index is 0.0810. The Morgan fingerprint density at radius 2 is 2.44 bits per heavy atom. The second-order valence-corrected chi connectivity index (χ2v) is 2.60. The van der Waals surface area contributed by atoms with Crippen molar-refractivity contribution >= 4 is 5.91 Å². The van der Waals surface area contributed by atoms with Gasteiger partial charge in [-0.25, -0.2) is 0 Å². The number of amides is 1. The van der Waals surface area contributed by atoms with E-state index >= 15 is 0 Å². The van der Waals surface area contributed by atoms with E-state index in [1.165, 1.54) is 0 Å². The SMILES string of the molecule is O=C1NC2CCC1OC2. The van der Waals surface area contributed by atoms with Crippen molar-refractivity contribution < 1.29 is 9.53 Å². The van der Waals surface area contributed by atoms with Gasteiger partial charge in [0, 0.05) is 0 Å². The van der Waals surface area contributed by atoms with E-state index in [-0.39, 0.29) is 12.0 Å². The van der Waals surface area contributed by atoms with Crippen LogP contribution < -0.4 is 5.32 Å². The minimum Gasteiger partial charge on any atom is -0.366 e. The zero-order valence-electron chi connectivity index (χ0n) is 5.09. The summed E-state index contributed by atoms with van der Waals surface area (Å²) in [6, 6.07) is 0.308. The van der Waals surface area contributed by atoms with Crippen LogP contribution in [0.2, 0.25) is 0 Å². The van der Waals surface area contributed by atoms with E-state index in [9.17, 15) is 4.79 Å². The van der Waals surface area contributed by atoms with Crippen molar-refractivity contribution in [2.24, 2.45) is 0 Å². The van der Waals surface area contributed by atoms with Gasteiger partial charge in [-0.1, -0.05) is 0 Å². The third kappa shape index (κ3) is 0.721. The van der Waals surface area contributed by atoms with E-state index < -0.39 is 0 Å². The van der Waals surface area contributed by atoms with Gasteiger partial charge >= 0.3 is 0 Å². The number of ether oxygens (including phenoxy) is 1. The lowest BCUT2D eigenvalue weighted by Gasteiger charge is -2.35. The maximum Gasteiger partial charge on any atom is 0.249 e. The van der Waals surface area contributed by atoms with E-state index in [4.69, 9.17) is 4.74 Å². The third-order valence-electron chi connectivity index (χ3n) is 1.91. The predicted octanol–water partition coefficient (Wildman–Crippen LogP) is -0.336. The summed E-state index contributed by atoms with van der Waals surface area (Å²) in [5.74, 6) is 0.0810. The number of nitrogens with one attached hydrogen (secondary N) is 1. The maximum absolute atomic E-state index is 10.8. The topological polar surface area (TPSA) is 38.3 Å². The van der Waals surface area contributed by atoms with E-state index in [2.05, 4.69) is 5.32 Å². The molecule has 50 valence electrons. The molecule has 0 aromatic rings. The largest absolute Gasteiger partial charge is 0.366 e. The molecule has 2 bridgehead atoms. The van der Waals surface area contributed by atoms with Gasteiger partial charge in [0.25, 0.3) is 0 Å². The molecule has 1 N–H and O–H groups in total. The van der Waals surface area contributed by atoms with Gasteiger partial charge in [-0.3, -0.25) is 4.79 Å². The number of morpholine rings is 1. The van der Waals surface area contributed by atoms with Crippen LogP contribution in [0.1, 0.15) is 12.8 Å². The van der Waals surface area contributed by atoms with Crippen LogP contribution in [-0.4, -0.2) is 24.7 Å². The molecule has 3 saturated heterocycles. The van der Waals surface area contributed by atoms with Crippen LogP contribution >= 0.6 is 0 Å². The zero-order valence-corrected chi connectivity index (χ0v) is 5.09. The van der Waals surface area contributed by atoms with E-state index in [0.717, 1.165) is 19.4 Å². The molecule has 9 heavy (non-hydrogen) atoms. The average Bonchev–Trinajstić information content (AvgIpc) is 1.90. The summed E-state index contributed by atoms with van der Waals surface area (Å²) >= 11 is 0. The standard InChI is InChI=1S/C6H9NO2/c8-6-5-2-1-4(7-6)3-9-5/h4-5H,1-3H2,(H,7,8). The number of piperidine rings is 1. The van der Waals surface area contributed by atoms with Crippen molar-refractivity contribution in [3.8, 4) is 0 Å². The Morgan fingerprint density at radius 1 is 1.56 bits per heavy atom. The Bertz CT molecular complexity index is 138. The molecular formula is C6H9NO2. The molecule has 0 spiro atoms. The van der Waals surface area contributed by atoms with Crippen molar-refractivity contribution in [1.29, 1.82) is 0 Å². The quantitative estimate of drug-likeness (QED) is 0.483. The summed E-state index contributed by atoms with van der Waals surface area (Å²) in [6.07, 6.45) is 1.88. The van der Waals surface area contributed by atoms with Crippen LogP contribution in [0.15, 0.2) is 0 Å². The number of fused-ring (bicyclic) bond motifs is 3. The third-order valence-corrected chi connectivity index (χ3v) is 1.91. The van der Waals surface area contributed by atoms with Crippen molar-refractivity contribution in [3.63, 3.8) is 0 Å². The Balaban J connectivity index is 2.15. The Hall–Kier alpha value is -0.570. The number of rotatable bonds is 0. The molecule has 2 unspecified atom stereocenters. The number of hydrogen-bond donors (Lipinski definition) is 1. The highest BCUT2D eigenvalue weighted by atomic mass is 16.5. The van der Waals surface area contributed by atoms with Gasteiger partial charge in [-0.15, -0.1) is 0 Å². The normalized spacial score (nSPS) is 40.7. The van der Waals surface area contributed by atoms with E-state index in [1.54, 1.807) is 0 Å². The molecule has 0 saturated carbocycles. The molecule has 3 fully saturated rings. The van der Waals surface area contributed by atoms with Gasteiger partial charge < -0.3 is 10.1 Å². The lowest BCUT2D eigenvalue weighted by molar-refractivity contribution is -0.147. The zero-order chi connectivity index (χ0) is 6.27. The second-order valence-electron chi connectivity index (χ2n) is 2.60. The van der Waals surface area contributed by atoms with Gasteiger partial charge in [0.2, 0.25) is 5.91 Å². The minimum atomic E-state index is -0.130. The van der Waals surface area contributed by atoms with Crippen molar-refractivity contribution in [2.45, 2.75) is 25.0 Å². The van der Waals surface area contributed by atoms with Crippen LogP contribution in [0.3, 0.4) is 0 Å². The van der Waals surface area contributed by atoms with Gasteiger partial charge in [0.05, 0.1) is 12.6 Å². The highest BCUT2D eigenvalue weighted by Crippen LogP contribution is 2.18. The molecule has 0 radical (unpaired) electrons. The lowest BCUT2D eigenvalue weighted by atomic mass is 9.99. The molecule has 3 rings (SSSR count). The average molecular weight is 127 g/mol. The monoisotopic (exact) mass is 127 g/mol. The smallest absolute Gasteiger partial charge is 0.249 e. The first kappa shape index (κ1) is 5.23. The molecular weight excluding hydrogens is 118 g/mol. The second kappa shape index (κ2) is 1.70. The van der Waals surface area contributed by atoms with Crippen molar-refractivity contribution in [2.75, 3.05) is 6.61 Å². The summed E-state index contributed by atoms with van der Waals surface area (Å²) in [6.45, 7) is 0.719. The van der Waals surface area contributed by atoms with Gasteiger partial charge in [-0.2, -0.15) is 0 Å². The van der Waals surface area contributed by atoms with Crippen LogP contribution in [0.5, 0.6) is 0 Å². The summed E-state index contributed by atoms with van der Waals surface area (Å²) < 4.78 is 5.18. The molecule has 3 aliphatic heterocycles. The summed E-state index contributed by atoms with van der Waals surface area (Å²) in [5, 5.41) is 2.85. The summed E-state index contributed by atoms with van der Waals surface area (Å²) in [5.41, 5.74) is 0. The Labute approximate surface area is 53.4 Å². The van der Waals surface area contributed by atoms with Gasteiger partial charge in [-0.05, 0) is 12.8 Å². The Kier molecular flexibility index (Phi) is 0.990. The maximum atomic E-state index is 10.8. The molecule has 3 heteroatoms. The van der Waals surface area contributed by atoms with Gasteiger partial charge in [0.15, 0.2) is 0 Å². The van der Waals surface area contributed by atoms with Crippen molar-refractivity contribution in [1.82, 2.24) is 5.32 Å². The van der Waals surface area contributed by atoms with Crippen LogP contribution in [0.25, 0.3) is 0 Å². The van der Waals surface area contributed by atoms with E-state index in [1.807, 2.05) is 0 Å². The summed E-state index contributed by atoms with van der Waals surface area (Å²) in [7, 11) is 0. The van der Waals surface area contributed by atoms with Crippen LogP contribution in [-0.2, 0) is 9.53 Å². The molecule has 3 heterocycles. The first-order valence-electron chi connectivity index (χ1n) is 3.28. The molecule has 0 aromatic heterocycles. The lowest BCUT2D eigenvalue weighted by Crippen LogP contribution is -2.55. The van der Waals surface area contributed by atoms with Gasteiger partial charge in [0.1, 0.15) is 6.10 Å². The number of carbonyl (C=O) groups is 1. The van der Waals surface area contributed by atoms with Crippen LogP contribution in [0, 0.1) is 0 Å². The fourth-order valence-electron chi connectivity index (χ4n) is 1.37. The highest BCUT2D eigenvalue weighted by Gasteiger charge is 2.34. The molecule has 1 amide bonds. The first-order chi connectivity index (χ1) is 4.36. The molecule has 3 nitrogen and oxygen atoms in total. The predicted molar refractivity (Wildman–Crippen MR) is 30.9 cm³/mol. The first-order valence-corrected chi connectivity index (χ1v) is 3.28. The highest BCUT2D eigenvalue weighted by molar-refractivity contribution is 5.82. The fourth-order valence-corrected chi connectivity index (χ4v) is 1.37. The van der Waals surface area contributed by atoms with Crippen molar-refractivity contribution in [3.05, 3.63) is 0 Å². The molecule has 0 aliphatic carbocycles. The number of carbonyl (C=O) groups excluding carboxylic acids is 1. The Morgan fingerprint density at radius 3 is 2.67 bits per heavy atom. The fraction of sp³-hybridized carbons (Fsp3) is 0.833. The molecule has 3 aliphatic rings. The molecule has 2 atom stereocenters. The molecule has 0 aromatic carbocycles.